The van der Waals surface area contributed by atoms with Crippen molar-refractivity contribution >= 4 is 41.7 Å². The zero-order valence-electron chi connectivity index (χ0n) is 18.7. The number of nitrogens with zero attached hydrogens (tertiary/aromatic N) is 5. The predicted octanol–water partition coefficient (Wildman–Crippen LogP) is 2.66. The molecule has 2 atom stereocenters. The molecule has 0 bridgehead atoms. The maximum absolute atomic E-state index is 5.96. The van der Waals surface area contributed by atoms with E-state index in [4.69, 9.17) is 9.47 Å². The van der Waals surface area contributed by atoms with Crippen LogP contribution in [0.3, 0.4) is 0 Å². The smallest absolute Gasteiger partial charge is 0.193 e. The number of aliphatic imine (C=N–C) groups is 1. The number of hydrogen-bond donors (Lipinski definition) is 1. The number of aromatic nitrogens is 3. The van der Waals surface area contributed by atoms with Crippen LogP contribution in [0.25, 0.3) is 0 Å². The normalized spacial score (nSPS) is 22.4. The molecule has 172 valence electrons. The van der Waals surface area contributed by atoms with Crippen molar-refractivity contribution in [2.24, 2.45) is 10.9 Å². The van der Waals surface area contributed by atoms with Gasteiger partial charge in [0, 0.05) is 46.3 Å². The molecule has 2 aliphatic rings. The lowest BCUT2D eigenvalue weighted by molar-refractivity contribution is -0.0816. The van der Waals surface area contributed by atoms with Gasteiger partial charge in [0.15, 0.2) is 11.1 Å². The van der Waals surface area contributed by atoms with Gasteiger partial charge in [-0.15, -0.1) is 34.2 Å². The lowest BCUT2D eigenvalue weighted by Crippen LogP contribution is -2.53. The first-order chi connectivity index (χ1) is 14.1. The molecule has 0 spiro atoms. The van der Waals surface area contributed by atoms with Crippen LogP contribution in [0.5, 0.6) is 0 Å². The number of thioether (sulfide) groups is 1. The fourth-order valence-corrected chi connectivity index (χ4v) is 4.49. The Labute approximate surface area is 202 Å². The third kappa shape index (κ3) is 6.96. The second-order valence-electron chi connectivity index (χ2n) is 8.09. The maximum atomic E-state index is 5.96. The fourth-order valence-electron chi connectivity index (χ4n) is 3.97. The van der Waals surface area contributed by atoms with E-state index in [1.165, 1.54) is 0 Å². The van der Waals surface area contributed by atoms with Crippen molar-refractivity contribution in [2.75, 3.05) is 46.2 Å². The first kappa shape index (κ1) is 25.7. The lowest BCUT2D eigenvalue weighted by Gasteiger charge is -2.37. The van der Waals surface area contributed by atoms with Gasteiger partial charge in [0.05, 0.1) is 12.7 Å². The molecule has 3 rings (SSSR count). The third-order valence-electron chi connectivity index (χ3n) is 5.37. The van der Waals surface area contributed by atoms with E-state index in [2.05, 4.69) is 50.1 Å². The highest BCUT2D eigenvalue weighted by Crippen LogP contribution is 2.21. The van der Waals surface area contributed by atoms with E-state index in [-0.39, 0.29) is 36.2 Å². The SMILES string of the molecule is CN=C(NCCCc1nnc(SC)n1CC(C)C)N1CCOC(C2CCCO2)C1.I. The Bertz CT molecular complexity index is 666. The molecule has 30 heavy (non-hydrogen) atoms. The molecule has 2 aliphatic heterocycles. The molecule has 8 nitrogen and oxygen atoms in total. The summed E-state index contributed by atoms with van der Waals surface area (Å²) in [5, 5.41) is 13.3. The summed E-state index contributed by atoms with van der Waals surface area (Å²) in [6, 6.07) is 0. The van der Waals surface area contributed by atoms with Gasteiger partial charge in [-0.05, 0) is 31.4 Å². The second kappa shape index (κ2) is 13.1. The highest BCUT2D eigenvalue weighted by Gasteiger charge is 2.32. The van der Waals surface area contributed by atoms with Crippen molar-refractivity contribution in [1.29, 1.82) is 0 Å². The molecular formula is C20H37IN6O2S. The Balaban J connectivity index is 0.00000320. The van der Waals surface area contributed by atoms with Gasteiger partial charge in [-0.2, -0.15) is 0 Å². The van der Waals surface area contributed by atoms with Crippen molar-refractivity contribution in [2.45, 2.75) is 63.4 Å². The van der Waals surface area contributed by atoms with E-state index in [0.717, 1.165) is 82.0 Å². The van der Waals surface area contributed by atoms with Crippen LogP contribution in [0.1, 0.15) is 38.9 Å². The Morgan fingerprint density at radius 1 is 1.27 bits per heavy atom. The van der Waals surface area contributed by atoms with Gasteiger partial charge in [-0.3, -0.25) is 4.99 Å². The summed E-state index contributed by atoms with van der Waals surface area (Å²) in [5.41, 5.74) is 0. The molecule has 2 unspecified atom stereocenters. The van der Waals surface area contributed by atoms with Crippen LogP contribution < -0.4 is 5.32 Å². The van der Waals surface area contributed by atoms with E-state index in [1.807, 2.05) is 7.05 Å². The summed E-state index contributed by atoms with van der Waals surface area (Å²) in [6.07, 6.45) is 6.56. The van der Waals surface area contributed by atoms with Crippen LogP contribution in [-0.2, 0) is 22.4 Å². The first-order valence-corrected chi connectivity index (χ1v) is 12.0. The fraction of sp³-hybridized carbons (Fsp3) is 0.850. The quantitative estimate of drug-likeness (QED) is 0.175. The zero-order valence-corrected chi connectivity index (χ0v) is 21.8. The van der Waals surface area contributed by atoms with Crippen molar-refractivity contribution in [3.05, 3.63) is 5.82 Å². The van der Waals surface area contributed by atoms with E-state index in [1.54, 1.807) is 11.8 Å². The zero-order chi connectivity index (χ0) is 20.6. The standard InChI is InChI=1S/C20H36N6O2S.HI/c1-15(2)13-26-18(23-24-20(26)29-4)8-5-9-22-19(21-3)25-10-12-28-17(14-25)16-7-6-11-27-16;/h15-17H,5-14H2,1-4H3,(H,21,22);1H. The number of morpholine rings is 1. The van der Waals surface area contributed by atoms with Crippen LogP contribution in [0.15, 0.2) is 10.1 Å². The van der Waals surface area contributed by atoms with Crippen molar-refractivity contribution < 1.29 is 9.47 Å². The molecule has 0 aliphatic carbocycles. The van der Waals surface area contributed by atoms with E-state index >= 15 is 0 Å². The molecule has 1 aromatic heterocycles. The number of nitrogens with one attached hydrogen (secondary N) is 1. The largest absolute Gasteiger partial charge is 0.375 e. The van der Waals surface area contributed by atoms with Gasteiger partial charge < -0.3 is 24.3 Å². The molecule has 1 N–H and O–H groups in total. The number of aryl methyl sites for hydroxylation is 1. The highest BCUT2D eigenvalue weighted by molar-refractivity contribution is 14.0. The molecule has 3 heterocycles. The molecule has 1 aromatic rings. The van der Waals surface area contributed by atoms with Gasteiger partial charge in [0.2, 0.25) is 0 Å². The topological polar surface area (TPSA) is 76.8 Å². The molecular weight excluding hydrogens is 515 g/mol. The number of rotatable bonds is 8. The van der Waals surface area contributed by atoms with Crippen LogP contribution in [0.4, 0.5) is 0 Å². The monoisotopic (exact) mass is 552 g/mol. The minimum absolute atomic E-state index is 0. The average Bonchev–Trinajstić information content (AvgIpc) is 3.38. The summed E-state index contributed by atoms with van der Waals surface area (Å²) in [5.74, 6) is 2.60. The first-order valence-electron chi connectivity index (χ1n) is 10.8. The Morgan fingerprint density at radius 2 is 2.07 bits per heavy atom. The molecule has 0 aromatic carbocycles. The van der Waals surface area contributed by atoms with E-state index in [0.29, 0.717) is 5.92 Å². The molecule has 2 fully saturated rings. The molecule has 0 saturated carbocycles. The number of guanidine groups is 1. The van der Waals surface area contributed by atoms with Gasteiger partial charge in [-0.1, -0.05) is 25.6 Å². The minimum Gasteiger partial charge on any atom is -0.375 e. The van der Waals surface area contributed by atoms with Crippen LogP contribution in [-0.4, -0.2) is 84.0 Å². The second-order valence-corrected chi connectivity index (χ2v) is 8.87. The van der Waals surface area contributed by atoms with Gasteiger partial charge in [-0.25, -0.2) is 0 Å². The van der Waals surface area contributed by atoms with Crippen LogP contribution >= 0.6 is 35.7 Å². The highest BCUT2D eigenvalue weighted by atomic mass is 127. The van der Waals surface area contributed by atoms with E-state index < -0.39 is 0 Å². The summed E-state index contributed by atoms with van der Waals surface area (Å²) < 4.78 is 14.0. The number of hydrogen-bond acceptors (Lipinski definition) is 6. The molecule has 0 amide bonds. The van der Waals surface area contributed by atoms with Crippen molar-refractivity contribution in [1.82, 2.24) is 25.0 Å². The maximum Gasteiger partial charge on any atom is 0.193 e. The van der Waals surface area contributed by atoms with Gasteiger partial charge in [0.25, 0.3) is 0 Å². The van der Waals surface area contributed by atoms with Crippen molar-refractivity contribution in [3.63, 3.8) is 0 Å². The number of ether oxygens (including phenoxy) is 2. The summed E-state index contributed by atoms with van der Waals surface area (Å²) in [6.45, 7) is 9.56. The molecule has 0 radical (unpaired) electrons. The lowest BCUT2D eigenvalue weighted by atomic mass is 10.1. The Morgan fingerprint density at radius 3 is 2.73 bits per heavy atom. The third-order valence-corrected chi connectivity index (χ3v) is 6.04. The minimum atomic E-state index is 0. The Hall–Kier alpha value is -0.590. The average molecular weight is 553 g/mol. The number of halogens is 1. The van der Waals surface area contributed by atoms with Gasteiger partial charge in [0.1, 0.15) is 11.9 Å². The summed E-state index contributed by atoms with van der Waals surface area (Å²) >= 11 is 1.66. The van der Waals surface area contributed by atoms with Gasteiger partial charge >= 0.3 is 0 Å². The van der Waals surface area contributed by atoms with Crippen LogP contribution in [0.2, 0.25) is 0 Å². The van der Waals surface area contributed by atoms with Crippen LogP contribution in [0, 0.1) is 5.92 Å². The van der Waals surface area contributed by atoms with E-state index in [9.17, 15) is 0 Å². The predicted molar refractivity (Wildman–Crippen MR) is 132 cm³/mol. The van der Waals surface area contributed by atoms with Crippen molar-refractivity contribution in [3.8, 4) is 0 Å². The summed E-state index contributed by atoms with van der Waals surface area (Å²) in [4.78, 5) is 6.78. The Kier molecular flexibility index (Phi) is 11.2. The molecule has 10 heteroatoms. The summed E-state index contributed by atoms with van der Waals surface area (Å²) in [7, 11) is 1.85. The molecule has 2 saturated heterocycles.